The first-order valence-corrected chi connectivity index (χ1v) is 11.5. The van der Waals surface area contributed by atoms with Gasteiger partial charge in [-0.25, -0.2) is 18.2 Å². The standard InChI is InChI=1S/C19H25F3N2O7S/c20-19(21,22)31-16-3-1-14(2-4-16)13-30-15-5-9-24(10-6-15)32(27,28)18(17(25)23-26)7-11-29-12-8-18/h1-4,15,26H,5-13H2,(H,23,25). The van der Waals surface area contributed by atoms with Gasteiger partial charge in [-0.05, 0) is 30.5 Å². The monoisotopic (exact) mass is 482 g/mol. The summed E-state index contributed by atoms with van der Waals surface area (Å²) in [6.07, 6.45) is -4.32. The molecule has 2 aliphatic rings. The predicted octanol–water partition coefficient (Wildman–Crippen LogP) is 1.95. The van der Waals surface area contributed by atoms with E-state index in [-0.39, 0.29) is 57.6 Å². The molecule has 0 spiro atoms. The zero-order valence-electron chi connectivity index (χ0n) is 17.1. The number of nitrogens with zero attached hydrogens (tertiary/aromatic N) is 1. The lowest BCUT2D eigenvalue weighted by molar-refractivity contribution is -0.274. The Kier molecular flexibility index (Phi) is 7.65. The lowest BCUT2D eigenvalue weighted by Crippen LogP contribution is -2.60. The molecule has 9 nitrogen and oxygen atoms in total. The fraction of sp³-hybridized carbons (Fsp3) is 0.632. The van der Waals surface area contributed by atoms with E-state index in [9.17, 15) is 26.4 Å². The van der Waals surface area contributed by atoms with Crippen molar-refractivity contribution in [3.63, 3.8) is 0 Å². The highest BCUT2D eigenvalue weighted by Crippen LogP contribution is 2.34. The number of alkyl halides is 3. The average Bonchev–Trinajstić information content (AvgIpc) is 2.77. The van der Waals surface area contributed by atoms with E-state index in [0.29, 0.717) is 18.4 Å². The van der Waals surface area contributed by atoms with Crippen LogP contribution in [-0.2, 0) is 30.9 Å². The number of halogens is 3. The SMILES string of the molecule is O=C(NO)C1(S(=O)(=O)N2CCC(OCc3ccc(OC(F)(F)F)cc3)CC2)CCOCC1. The van der Waals surface area contributed by atoms with E-state index in [1.807, 2.05) is 0 Å². The zero-order valence-corrected chi connectivity index (χ0v) is 18.0. The summed E-state index contributed by atoms with van der Waals surface area (Å²) >= 11 is 0. The van der Waals surface area contributed by atoms with Gasteiger partial charge >= 0.3 is 6.36 Å². The lowest BCUT2D eigenvalue weighted by Gasteiger charge is -2.40. The van der Waals surface area contributed by atoms with E-state index >= 15 is 0 Å². The molecule has 1 aromatic carbocycles. The molecule has 2 heterocycles. The maximum atomic E-state index is 13.2. The van der Waals surface area contributed by atoms with Gasteiger partial charge in [0.05, 0.1) is 12.7 Å². The van der Waals surface area contributed by atoms with Crippen LogP contribution in [0, 0.1) is 0 Å². The van der Waals surface area contributed by atoms with Gasteiger partial charge in [-0.1, -0.05) is 12.1 Å². The number of nitrogens with one attached hydrogen (secondary N) is 1. The Balaban J connectivity index is 1.55. The topological polar surface area (TPSA) is 114 Å². The number of rotatable bonds is 7. The lowest BCUT2D eigenvalue weighted by atomic mass is 9.98. The van der Waals surface area contributed by atoms with Gasteiger partial charge in [0, 0.05) is 39.1 Å². The van der Waals surface area contributed by atoms with Crippen molar-refractivity contribution in [3.05, 3.63) is 29.8 Å². The third-order valence-corrected chi connectivity index (χ3v) is 8.32. The molecule has 1 aromatic rings. The second-order valence-electron chi connectivity index (χ2n) is 7.65. The number of ether oxygens (including phenoxy) is 3. The Morgan fingerprint density at radius 1 is 1.19 bits per heavy atom. The van der Waals surface area contributed by atoms with Crippen molar-refractivity contribution < 1.29 is 45.8 Å². The number of hydrogen-bond acceptors (Lipinski definition) is 7. The number of piperidine rings is 1. The van der Waals surface area contributed by atoms with E-state index in [1.54, 1.807) is 0 Å². The number of hydroxylamine groups is 1. The van der Waals surface area contributed by atoms with Crippen LogP contribution in [0.25, 0.3) is 0 Å². The maximum Gasteiger partial charge on any atom is 0.573 e. The van der Waals surface area contributed by atoms with Gasteiger partial charge in [-0.15, -0.1) is 13.2 Å². The van der Waals surface area contributed by atoms with Gasteiger partial charge in [0.25, 0.3) is 5.91 Å². The fourth-order valence-corrected chi connectivity index (χ4v) is 6.04. The Bertz CT molecular complexity index is 879. The third kappa shape index (κ3) is 5.52. The van der Waals surface area contributed by atoms with Gasteiger partial charge in [-0.2, -0.15) is 0 Å². The van der Waals surface area contributed by atoms with Crippen LogP contribution in [0.3, 0.4) is 0 Å². The molecule has 2 aliphatic heterocycles. The first kappa shape index (κ1) is 24.7. The molecule has 2 saturated heterocycles. The molecule has 0 unspecified atom stereocenters. The molecule has 32 heavy (non-hydrogen) atoms. The number of benzene rings is 1. The number of carbonyl (C=O) groups is 1. The van der Waals surface area contributed by atoms with E-state index < -0.39 is 27.0 Å². The Morgan fingerprint density at radius 2 is 1.78 bits per heavy atom. The van der Waals surface area contributed by atoms with E-state index in [0.717, 1.165) is 0 Å². The molecule has 0 bridgehead atoms. The highest BCUT2D eigenvalue weighted by Gasteiger charge is 2.54. The normalized spacial score (nSPS) is 20.6. The van der Waals surface area contributed by atoms with Crippen LogP contribution in [-0.4, -0.2) is 67.4 Å². The van der Waals surface area contributed by atoms with Crippen molar-refractivity contribution in [1.82, 2.24) is 9.79 Å². The predicted molar refractivity (Wildman–Crippen MR) is 104 cm³/mol. The molecule has 3 rings (SSSR count). The summed E-state index contributed by atoms with van der Waals surface area (Å²) in [5, 5.41) is 9.10. The van der Waals surface area contributed by atoms with Crippen LogP contribution >= 0.6 is 0 Å². The average molecular weight is 482 g/mol. The second-order valence-corrected chi connectivity index (χ2v) is 9.90. The van der Waals surface area contributed by atoms with Crippen LogP contribution in [0.15, 0.2) is 24.3 Å². The van der Waals surface area contributed by atoms with Crippen molar-refractivity contribution in [3.8, 4) is 5.75 Å². The van der Waals surface area contributed by atoms with Crippen LogP contribution in [0.4, 0.5) is 13.2 Å². The number of amides is 1. The van der Waals surface area contributed by atoms with Crippen molar-refractivity contribution in [2.75, 3.05) is 26.3 Å². The smallest absolute Gasteiger partial charge is 0.406 e. The summed E-state index contributed by atoms with van der Waals surface area (Å²) < 4.78 is 77.4. The molecule has 0 saturated carbocycles. The number of carbonyl (C=O) groups excluding carboxylic acids is 1. The summed E-state index contributed by atoms with van der Waals surface area (Å²) in [5.41, 5.74) is 2.14. The minimum absolute atomic E-state index is 0.0494. The van der Waals surface area contributed by atoms with Crippen molar-refractivity contribution in [2.45, 2.75) is 49.5 Å². The summed E-state index contributed by atoms with van der Waals surface area (Å²) in [6, 6.07) is 5.31. The first-order valence-electron chi connectivity index (χ1n) is 10.1. The highest BCUT2D eigenvalue weighted by atomic mass is 32.2. The number of hydrogen-bond donors (Lipinski definition) is 2. The molecule has 0 radical (unpaired) electrons. The van der Waals surface area contributed by atoms with Gasteiger partial charge in [0.1, 0.15) is 5.75 Å². The van der Waals surface area contributed by atoms with Gasteiger partial charge < -0.3 is 14.2 Å². The maximum absolute atomic E-state index is 13.2. The molecule has 1 amide bonds. The van der Waals surface area contributed by atoms with Crippen LogP contribution in [0.1, 0.15) is 31.2 Å². The molecule has 0 aliphatic carbocycles. The summed E-state index contributed by atoms with van der Waals surface area (Å²) in [6.45, 7) is 0.634. The fourth-order valence-electron chi connectivity index (χ4n) is 3.89. The van der Waals surface area contributed by atoms with E-state index in [1.165, 1.54) is 34.1 Å². The molecule has 2 N–H and O–H groups in total. The quantitative estimate of drug-likeness (QED) is 0.451. The second kappa shape index (κ2) is 9.91. The Labute approximate surface area is 183 Å². The minimum atomic E-state index is -4.76. The van der Waals surface area contributed by atoms with Gasteiger partial charge in [0.2, 0.25) is 10.0 Å². The van der Waals surface area contributed by atoms with E-state index in [2.05, 4.69) is 4.74 Å². The summed E-state index contributed by atoms with van der Waals surface area (Å²) in [4.78, 5) is 12.3. The van der Waals surface area contributed by atoms with Gasteiger partial charge in [0.15, 0.2) is 4.75 Å². The zero-order chi connectivity index (χ0) is 23.4. The van der Waals surface area contributed by atoms with Crippen LogP contribution < -0.4 is 10.2 Å². The molecule has 0 aromatic heterocycles. The third-order valence-electron chi connectivity index (χ3n) is 5.69. The Morgan fingerprint density at radius 3 is 2.31 bits per heavy atom. The molecular weight excluding hydrogens is 457 g/mol. The van der Waals surface area contributed by atoms with Gasteiger partial charge in [-0.3, -0.25) is 10.0 Å². The molecule has 2 fully saturated rings. The highest BCUT2D eigenvalue weighted by molar-refractivity contribution is 7.91. The summed E-state index contributed by atoms with van der Waals surface area (Å²) in [5.74, 6) is -1.29. The van der Waals surface area contributed by atoms with Crippen LogP contribution in [0.2, 0.25) is 0 Å². The molecule has 0 atom stereocenters. The largest absolute Gasteiger partial charge is 0.573 e. The van der Waals surface area contributed by atoms with Crippen LogP contribution in [0.5, 0.6) is 5.75 Å². The Hall–Kier alpha value is -1.93. The first-order chi connectivity index (χ1) is 15.1. The molecule has 180 valence electrons. The van der Waals surface area contributed by atoms with E-state index in [4.69, 9.17) is 14.7 Å². The van der Waals surface area contributed by atoms with Crippen molar-refractivity contribution in [2.24, 2.45) is 0 Å². The summed E-state index contributed by atoms with van der Waals surface area (Å²) in [7, 11) is -4.05. The van der Waals surface area contributed by atoms with Crippen molar-refractivity contribution >= 4 is 15.9 Å². The number of sulfonamides is 1. The molecule has 13 heteroatoms. The molecular formula is C19H25F3N2O7S. The minimum Gasteiger partial charge on any atom is -0.406 e. The van der Waals surface area contributed by atoms with Crippen molar-refractivity contribution in [1.29, 1.82) is 0 Å².